The van der Waals surface area contributed by atoms with Gasteiger partial charge in [0.1, 0.15) is 5.75 Å². The minimum absolute atomic E-state index is 0.0935. The molecule has 5 heteroatoms. The van der Waals surface area contributed by atoms with E-state index >= 15 is 0 Å². The highest BCUT2D eigenvalue weighted by Crippen LogP contribution is 2.39. The number of aryl methyl sites for hydroxylation is 2. The zero-order valence-electron chi connectivity index (χ0n) is 14.8. The predicted octanol–water partition coefficient (Wildman–Crippen LogP) is 2.21. The Morgan fingerprint density at radius 1 is 1.00 bits per heavy atom. The van der Waals surface area contributed by atoms with Gasteiger partial charge in [0, 0.05) is 32.1 Å². The maximum atomic E-state index is 12.8. The lowest BCUT2D eigenvalue weighted by Gasteiger charge is -2.35. The zero-order chi connectivity index (χ0) is 17.6. The molecule has 0 radical (unpaired) electrons. The number of hydrogen-bond donors (Lipinski definition) is 1. The van der Waals surface area contributed by atoms with Crippen molar-refractivity contribution in [3.63, 3.8) is 0 Å². The van der Waals surface area contributed by atoms with E-state index < -0.39 is 0 Å². The van der Waals surface area contributed by atoms with Crippen molar-refractivity contribution in [2.45, 2.75) is 39.0 Å². The van der Waals surface area contributed by atoms with Crippen molar-refractivity contribution in [3.05, 3.63) is 28.8 Å². The highest BCUT2D eigenvalue weighted by molar-refractivity contribution is 5.97. The Morgan fingerprint density at radius 2 is 1.56 bits per heavy atom. The zero-order valence-corrected chi connectivity index (χ0v) is 14.8. The van der Waals surface area contributed by atoms with Crippen LogP contribution in [-0.4, -0.2) is 52.9 Å². The van der Waals surface area contributed by atoms with E-state index in [-0.39, 0.29) is 23.5 Å². The number of fused-ring (bicyclic) bond motifs is 1. The van der Waals surface area contributed by atoms with Gasteiger partial charge in [0.2, 0.25) is 5.91 Å². The van der Waals surface area contributed by atoms with Gasteiger partial charge in [-0.15, -0.1) is 0 Å². The summed E-state index contributed by atoms with van der Waals surface area (Å²) in [5.41, 5.74) is 2.79. The summed E-state index contributed by atoms with van der Waals surface area (Å²) in [6.07, 6.45) is 5.26. The molecule has 1 heterocycles. The van der Waals surface area contributed by atoms with Crippen LogP contribution in [-0.2, 0) is 17.6 Å². The first-order chi connectivity index (χ1) is 12.0. The van der Waals surface area contributed by atoms with E-state index in [0.29, 0.717) is 37.7 Å². The molecule has 1 saturated heterocycles. The minimum Gasteiger partial charge on any atom is -0.507 e. The summed E-state index contributed by atoms with van der Waals surface area (Å²) < 4.78 is 0. The minimum atomic E-state index is -0.113. The number of amides is 2. The van der Waals surface area contributed by atoms with Crippen LogP contribution in [0.2, 0.25) is 0 Å². The number of rotatable bonds is 2. The Hall–Kier alpha value is -2.04. The lowest BCUT2D eigenvalue weighted by atomic mass is 9.89. The molecule has 3 aliphatic rings. The lowest BCUT2D eigenvalue weighted by Crippen LogP contribution is -2.51. The molecule has 1 aromatic carbocycles. The largest absolute Gasteiger partial charge is 0.507 e. The van der Waals surface area contributed by atoms with E-state index in [1.165, 1.54) is 11.1 Å². The number of phenols is 1. The Kier molecular flexibility index (Phi) is 4.18. The van der Waals surface area contributed by atoms with Gasteiger partial charge in [-0.2, -0.15) is 0 Å². The van der Waals surface area contributed by atoms with Crippen LogP contribution in [0.15, 0.2) is 12.1 Å². The Balaban J connectivity index is 1.43. The van der Waals surface area contributed by atoms with Crippen LogP contribution in [0.3, 0.4) is 0 Å². The van der Waals surface area contributed by atoms with Crippen LogP contribution in [0, 0.1) is 11.8 Å². The fourth-order valence-corrected chi connectivity index (χ4v) is 4.14. The summed E-state index contributed by atoms with van der Waals surface area (Å²) in [6, 6.07) is 3.66. The number of benzene rings is 1. The highest BCUT2D eigenvalue weighted by Gasteiger charge is 2.42. The molecule has 0 aromatic heterocycles. The quantitative estimate of drug-likeness (QED) is 0.896. The molecule has 5 nitrogen and oxygen atoms in total. The molecule has 2 aliphatic carbocycles. The van der Waals surface area contributed by atoms with E-state index in [0.717, 1.165) is 32.1 Å². The predicted molar refractivity (Wildman–Crippen MR) is 94.5 cm³/mol. The van der Waals surface area contributed by atoms with Crippen molar-refractivity contribution in [2.24, 2.45) is 11.8 Å². The van der Waals surface area contributed by atoms with Crippen LogP contribution < -0.4 is 0 Å². The van der Waals surface area contributed by atoms with Crippen LogP contribution >= 0.6 is 0 Å². The normalized spacial score (nSPS) is 25.5. The van der Waals surface area contributed by atoms with Crippen molar-refractivity contribution in [2.75, 3.05) is 26.2 Å². The third-order valence-corrected chi connectivity index (χ3v) is 6.00. The fourth-order valence-electron chi connectivity index (χ4n) is 4.14. The molecule has 2 atom stereocenters. The summed E-state index contributed by atoms with van der Waals surface area (Å²) in [6.45, 7) is 4.39. The van der Waals surface area contributed by atoms with Gasteiger partial charge < -0.3 is 14.9 Å². The summed E-state index contributed by atoms with van der Waals surface area (Å²) in [5.74, 6) is 0.941. The third-order valence-electron chi connectivity index (χ3n) is 6.00. The van der Waals surface area contributed by atoms with Crippen molar-refractivity contribution in [1.82, 2.24) is 9.80 Å². The van der Waals surface area contributed by atoms with Crippen molar-refractivity contribution < 1.29 is 14.7 Å². The second kappa shape index (κ2) is 6.36. The molecule has 0 bridgehead atoms. The molecular formula is C20H26N2O3. The number of carbonyl (C=O) groups excluding carboxylic acids is 2. The van der Waals surface area contributed by atoms with Crippen LogP contribution in [0.1, 0.15) is 47.7 Å². The Labute approximate surface area is 148 Å². The maximum Gasteiger partial charge on any atom is 0.257 e. The number of phenolic OH excluding ortho intramolecular Hbond substituents is 1. The van der Waals surface area contributed by atoms with Crippen molar-refractivity contribution in [3.8, 4) is 5.75 Å². The molecule has 2 fully saturated rings. The average Bonchev–Trinajstić information content (AvgIpc) is 3.37. The maximum absolute atomic E-state index is 12.8. The standard InChI is InChI=1S/C20H26N2O3/c1-13-10-16(13)19(24)21-6-8-22(9-7-21)20(25)17-11-14-4-2-3-5-15(14)12-18(17)23/h11-13,16,23H,2-10H2,1H3/t13-,16-/m1/s1. The third kappa shape index (κ3) is 3.12. The fraction of sp³-hybridized carbons (Fsp3) is 0.600. The average molecular weight is 342 g/mol. The van der Waals surface area contributed by atoms with Gasteiger partial charge in [0.15, 0.2) is 0 Å². The smallest absolute Gasteiger partial charge is 0.257 e. The molecule has 4 rings (SSSR count). The monoisotopic (exact) mass is 342 g/mol. The summed E-state index contributed by atoms with van der Waals surface area (Å²) in [4.78, 5) is 28.8. The van der Waals surface area contributed by atoms with Crippen molar-refractivity contribution >= 4 is 11.8 Å². The van der Waals surface area contributed by atoms with E-state index in [2.05, 4.69) is 6.92 Å². The topological polar surface area (TPSA) is 60.9 Å². The number of carbonyl (C=O) groups is 2. The van der Waals surface area contributed by atoms with Gasteiger partial charge >= 0.3 is 0 Å². The van der Waals surface area contributed by atoms with E-state index in [1.807, 2.05) is 11.0 Å². The number of hydrogen-bond acceptors (Lipinski definition) is 3. The van der Waals surface area contributed by atoms with Crippen molar-refractivity contribution in [1.29, 1.82) is 0 Å². The molecule has 1 saturated carbocycles. The number of nitrogens with zero attached hydrogens (tertiary/aromatic N) is 2. The summed E-state index contributed by atoms with van der Waals surface area (Å²) in [7, 11) is 0. The second-order valence-corrected chi connectivity index (χ2v) is 7.78. The van der Waals surface area contributed by atoms with E-state index in [9.17, 15) is 14.7 Å². The molecule has 134 valence electrons. The highest BCUT2D eigenvalue weighted by atomic mass is 16.3. The molecule has 1 N–H and O–H groups in total. The van der Waals surface area contributed by atoms with Gasteiger partial charge in [-0.05, 0) is 61.3 Å². The van der Waals surface area contributed by atoms with Gasteiger partial charge in [0.25, 0.3) is 5.91 Å². The molecular weight excluding hydrogens is 316 g/mol. The summed E-state index contributed by atoms with van der Waals surface area (Å²) in [5, 5.41) is 10.3. The van der Waals surface area contributed by atoms with Crippen LogP contribution in [0.4, 0.5) is 0 Å². The first-order valence-electron chi connectivity index (χ1n) is 9.47. The van der Waals surface area contributed by atoms with E-state index in [1.54, 1.807) is 11.0 Å². The molecule has 1 aromatic rings. The van der Waals surface area contributed by atoms with Gasteiger partial charge in [-0.3, -0.25) is 9.59 Å². The Bertz CT molecular complexity index is 707. The van der Waals surface area contributed by atoms with Gasteiger partial charge in [-0.25, -0.2) is 0 Å². The van der Waals surface area contributed by atoms with Gasteiger partial charge in [-0.1, -0.05) is 6.92 Å². The first-order valence-corrected chi connectivity index (χ1v) is 9.47. The van der Waals surface area contributed by atoms with Crippen LogP contribution in [0.25, 0.3) is 0 Å². The first kappa shape index (κ1) is 16.4. The molecule has 1 aliphatic heterocycles. The molecule has 0 unspecified atom stereocenters. The number of aromatic hydroxyl groups is 1. The molecule has 2 amide bonds. The molecule has 0 spiro atoms. The van der Waals surface area contributed by atoms with E-state index in [4.69, 9.17) is 0 Å². The van der Waals surface area contributed by atoms with Gasteiger partial charge in [0.05, 0.1) is 5.56 Å². The lowest BCUT2D eigenvalue weighted by molar-refractivity contribution is -0.134. The molecule has 25 heavy (non-hydrogen) atoms. The van der Waals surface area contributed by atoms with Crippen LogP contribution in [0.5, 0.6) is 5.75 Å². The Morgan fingerprint density at radius 3 is 2.16 bits per heavy atom. The SMILES string of the molecule is C[C@@H]1C[C@H]1C(=O)N1CCN(C(=O)c2cc3c(cc2O)CCCC3)CC1. The number of piperazine rings is 1. The second-order valence-electron chi connectivity index (χ2n) is 7.78. The summed E-state index contributed by atoms with van der Waals surface area (Å²) >= 11 is 0.